The lowest BCUT2D eigenvalue weighted by atomic mass is 10.1. The second-order valence-electron chi connectivity index (χ2n) is 2.59. The molecule has 0 saturated carbocycles. The van der Waals surface area contributed by atoms with E-state index < -0.39 is 6.04 Å². The highest BCUT2D eigenvalue weighted by atomic mass is 35.5. The van der Waals surface area contributed by atoms with E-state index in [2.05, 4.69) is 0 Å². The third-order valence-electron chi connectivity index (χ3n) is 1.58. The highest BCUT2D eigenvalue weighted by Gasteiger charge is 2.15. The average Bonchev–Trinajstić information content (AvgIpc) is 2.03. The normalized spacial score (nSPS) is 13.5. The maximum atomic E-state index is 10.4. The Kier molecular flexibility index (Phi) is 6.76. The van der Waals surface area contributed by atoms with Crippen LogP contribution < -0.4 is 0 Å². The van der Waals surface area contributed by atoms with Gasteiger partial charge in [-0.15, -0.1) is 11.6 Å². The van der Waals surface area contributed by atoms with Gasteiger partial charge >= 0.3 is 0 Å². The summed E-state index contributed by atoms with van der Waals surface area (Å²) in [5, 5.41) is 10.4. The minimum Gasteiger partial charge on any atom is -0.264 e. The van der Waals surface area contributed by atoms with Crippen LogP contribution in [0.3, 0.4) is 0 Å². The number of allylic oxidation sites excluding steroid dienone is 1. The maximum absolute atomic E-state index is 10.4. The van der Waals surface area contributed by atoms with Gasteiger partial charge in [0.05, 0.1) is 0 Å². The lowest BCUT2D eigenvalue weighted by Gasteiger charge is -2.03. The second kappa shape index (κ2) is 7.10. The Labute approximate surface area is 77.6 Å². The number of nitro groups is 1. The third kappa shape index (κ3) is 5.13. The van der Waals surface area contributed by atoms with Crippen molar-refractivity contribution in [3.63, 3.8) is 0 Å². The molecule has 4 heteroatoms. The zero-order chi connectivity index (χ0) is 9.40. The Morgan fingerprint density at radius 1 is 1.58 bits per heavy atom. The summed E-state index contributed by atoms with van der Waals surface area (Å²) >= 11 is 5.38. The van der Waals surface area contributed by atoms with Crippen molar-refractivity contribution in [3.05, 3.63) is 22.3 Å². The van der Waals surface area contributed by atoms with Crippen LogP contribution in [0.2, 0.25) is 0 Å². The Morgan fingerprint density at radius 2 is 2.25 bits per heavy atom. The van der Waals surface area contributed by atoms with E-state index in [0.717, 1.165) is 6.42 Å². The minimum absolute atomic E-state index is 0.220. The fraction of sp³-hybridized carbons (Fsp3) is 0.750. The molecule has 3 nitrogen and oxygen atoms in total. The van der Waals surface area contributed by atoms with Crippen LogP contribution in [-0.4, -0.2) is 16.8 Å². The highest BCUT2D eigenvalue weighted by Crippen LogP contribution is 2.06. The monoisotopic (exact) mass is 191 g/mol. The molecule has 70 valence electrons. The summed E-state index contributed by atoms with van der Waals surface area (Å²) in [4.78, 5) is 10.2. The number of halogens is 1. The van der Waals surface area contributed by atoms with Crippen LogP contribution in [-0.2, 0) is 0 Å². The lowest BCUT2D eigenvalue weighted by Crippen LogP contribution is -2.17. The second-order valence-corrected chi connectivity index (χ2v) is 2.90. The summed E-state index contributed by atoms with van der Waals surface area (Å²) in [6, 6.07) is -0.436. The Bertz CT molecular complexity index is 159. The van der Waals surface area contributed by atoms with E-state index in [1.54, 1.807) is 12.2 Å². The van der Waals surface area contributed by atoms with Crippen LogP contribution in [0, 0.1) is 10.1 Å². The summed E-state index contributed by atoms with van der Waals surface area (Å²) in [5.41, 5.74) is 0. The third-order valence-corrected chi connectivity index (χ3v) is 1.76. The van der Waals surface area contributed by atoms with Crippen LogP contribution in [0.25, 0.3) is 0 Å². The fourth-order valence-electron chi connectivity index (χ4n) is 0.959. The van der Waals surface area contributed by atoms with E-state index in [1.165, 1.54) is 0 Å². The van der Waals surface area contributed by atoms with E-state index in [0.29, 0.717) is 18.7 Å². The largest absolute Gasteiger partial charge is 0.264 e. The first-order valence-electron chi connectivity index (χ1n) is 4.06. The van der Waals surface area contributed by atoms with Gasteiger partial charge in [0, 0.05) is 23.6 Å². The van der Waals surface area contributed by atoms with Crippen molar-refractivity contribution in [3.8, 4) is 0 Å². The molecule has 0 aromatic carbocycles. The van der Waals surface area contributed by atoms with Crippen molar-refractivity contribution in [2.24, 2.45) is 0 Å². The Hall–Kier alpha value is -0.570. The van der Waals surface area contributed by atoms with Gasteiger partial charge in [0.1, 0.15) is 0 Å². The molecule has 0 fully saturated rings. The number of hydrogen-bond donors (Lipinski definition) is 0. The van der Waals surface area contributed by atoms with Crippen LogP contribution >= 0.6 is 11.6 Å². The van der Waals surface area contributed by atoms with E-state index in [-0.39, 0.29) is 4.92 Å². The van der Waals surface area contributed by atoms with Crippen molar-refractivity contribution in [2.45, 2.75) is 32.2 Å². The zero-order valence-corrected chi connectivity index (χ0v) is 7.96. The first-order chi connectivity index (χ1) is 5.72. The van der Waals surface area contributed by atoms with Crippen molar-refractivity contribution >= 4 is 11.6 Å². The van der Waals surface area contributed by atoms with Crippen molar-refractivity contribution in [1.82, 2.24) is 0 Å². The molecule has 12 heavy (non-hydrogen) atoms. The lowest BCUT2D eigenvalue weighted by molar-refractivity contribution is -0.522. The number of nitrogens with zero attached hydrogens (tertiary/aromatic N) is 1. The van der Waals surface area contributed by atoms with Crippen LogP contribution in [0.4, 0.5) is 0 Å². The molecule has 0 N–H and O–H groups in total. The van der Waals surface area contributed by atoms with Crippen molar-refractivity contribution in [2.75, 3.05) is 5.88 Å². The van der Waals surface area contributed by atoms with Gasteiger partial charge in [0.15, 0.2) is 0 Å². The standard InChI is InChI=1S/C8H14ClNO2/c1-2-5-8(10(11)12)6-3-4-7-9/h3-4,8H,2,5-7H2,1H3. The topological polar surface area (TPSA) is 43.1 Å². The fourth-order valence-corrected chi connectivity index (χ4v) is 1.08. The van der Waals surface area contributed by atoms with Crippen molar-refractivity contribution < 1.29 is 4.92 Å². The number of hydrogen-bond acceptors (Lipinski definition) is 2. The quantitative estimate of drug-likeness (QED) is 0.280. The summed E-state index contributed by atoms with van der Waals surface area (Å²) in [5.74, 6) is 0.427. The molecule has 0 spiro atoms. The molecule has 0 aliphatic rings. The molecule has 0 amide bonds. The number of rotatable bonds is 6. The summed E-state index contributed by atoms with van der Waals surface area (Å²) in [6.07, 6.45) is 5.50. The molecule has 0 rings (SSSR count). The van der Waals surface area contributed by atoms with Gasteiger partial charge in [0.25, 0.3) is 0 Å². The van der Waals surface area contributed by atoms with Gasteiger partial charge < -0.3 is 0 Å². The van der Waals surface area contributed by atoms with Crippen LogP contribution in [0.15, 0.2) is 12.2 Å². The molecule has 1 atom stereocenters. The minimum atomic E-state index is -0.436. The summed E-state index contributed by atoms with van der Waals surface area (Å²) < 4.78 is 0. The van der Waals surface area contributed by atoms with Gasteiger partial charge in [-0.05, 0) is 6.42 Å². The molecule has 0 heterocycles. The smallest absolute Gasteiger partial charge is 0.216 e. The van der Waals surface area contributed by atoms with Crippen molar-refractivity contribution in [1.29, 1.82) is 0 Å². The zero-order valence-electron chi connectivity index (χ0n) is 7.20. The van der Waals surface area contributed by atoms with Gasteiger partial charge in [-0.25, -0.2) is 0 Å². The number of alkyl halides is 1. The molecule has 0 radical (unpaired) electrons. The van der Waals surface area contributed by atoms with E-state index in [1.807, 2.05) is 6.92 Å². The summed E-state index contributed by atoms with van der Waals surface area (Å²) in [6.45, 7) is 1.95. The molecule has 0 aliphatic carbocycles. The Morgan fingerprint density at radius 3 is 2.67 bits per heavy atom. The molecular weight excluding hydrogens is 178 g/mol. The Balaban J connectivity index is 3.78. The maximum Gasteiger partial charge on any atom is 0.216 e. The molecular formula is C8H14ClNO2. The van der Waals surface area contributed by atoms with Crippen LogP contribution in [0.1, 0.15) is 26.2 Å². The molecule has 0 saturated heterocycles. The average molecular weight is 192 g/mol. The van der Waals surface area contributed by atoms with E-state index in [4.69, 9.17) is 11.6 Å². The molecule has 0 aromatic heterocycles. The first-order valence-corrected chi connectivity index (χ1v) is 4.60. The van der Waals surface area contributed by atoms with Gasteiger partial charge in [-0.3, -0.25) is 10.1 Å². The molecule has 0 bridgehead atoms. The van der Waals surface area contributed by atoms with Crippen LogP contribution in [0.5, 0.6) is 0 Å². The SMILES string of the molecule is CCCC(CC=CCCl)[N+](=O)[O-]. The molecule has 0 aromatic rings. The van der Waals surface area contributed by atoms with E-state index >= 15 is 0 Å². The predicted octanol–water partition coefficient (Wildman–Crippen LogP) is 2.62. The predicted molar refractivity (Wildman–Crippen MR) is 50.2 cm³/mol. The van der Waals surface area contributed by atoms with Gasteiger partial charge in [-0.2, -0.15) is 0 Å². The molecule has 0 aliphatic heterocycles. The highest BCUT2D eigenvalue weighted by molar-refractivity contribution is 6.18. The molecule has 1 unspecified atom stereocenters. The van der Waals surface area contributed by atoms with Gasteiger partial charge in [-0.1, -0.05) is 19.1 Å². The summed E-state index contributed by atoms with van der Waals surface area (Å²) in [7, 11) is 0. The van der Waals surface area contributed by atoms with E-state index in [9.17, 15) is 10.1 Å². The van der Waals surface area contributed by atoms with Gasteiger partial charge in [0.2, 0.25) is 6.04 Å². The first kappa shape index (κ1) is 11.4.